The highest BCUT2D eigenvalue weighted by molar-refractivity contribution is 7.97. The zero-order valence-electron chi connectivity index (χ0n) is 12.3. The number of hydrogen-bond donors (Lipinski definition) is 1. The van der Waals surface area contributed by atoms with Crippen LogP contribution in [-0.4, -0.2) is 18.8 Å². The van der Waals surface area contributed by atoms with E-state index in [2.05, 4.69) is 11.6 Å². The third-order valence-electron chi connectivity index (χ3n) is 2.97. The number of benzene rings is 2. The smallest absolute Gasteiger partial charge is 0.227 e. The summed E-state index contributed by atoms with van der Waals surface area (Å²) in [5.41, 5.74) is 2.04. The van der Waals surface area contributed by atoms with Crippen LogP contribution in [0.3, 0.4) is 0 Å². The number of carbonyl (C=O) groups is 1. The van der Waals surface area contributed by atoms with Gasteiger partial charge < -0.3 is 10.1 Å². The molecular weight excluding hydrogens is 318 g/mol. The molecule has 2 aromatic rings. The zero-order chi connectivity index (χ0) is 15.8. The van der Waals surface area contributed by atoms with Gasteiger partial charge in [0, 0.05) is 11.4 Å². The normalized spacial score (nSPS) is 10.3. The Balaban J connectivity index is 1.77. The lowest BCUT2D eigenvalue weighted by Crippen LogP contribution is -2.15. The fraction of sp³-hybridized carbons (Fsp3) is 0.235. The minimum atomic E-state index is -0.0790. The predicted octanol–water partition coefficient (Wildman–Crippen LogP) is 4.61. The fourth-order valence-electron chi connectivity index (χ4n) is 1.89. The first-order valence-electron chi connectivity index (χ1n) is 6.94. The number of nitrogens with one attached hydrogen (secondary N) is 1. The first kappa shape index (κ1) is 16.7. The Morgan fingerprint density at radius 2 is 1.91 bits per heavy atom. The van der Waals surface area contributed by atoms with Crippen LogP contribution >= 0.6 is 23.4 Å². The molecular formula is C17H18ClNO2S. The molecule has 0 aliphatic heterocycles. The number of hydrogen-bond acceptors (Lipinski definition) is 3. The van der Waals surface area contributed by atoms with Crippen molar-refractivity contribution in [3.8, 4) is 5.75 Å². The van der Waals surface area contributed by atoms with Crippen molar-refractivity contribution in [2.45, 2.75) is 12.2 Å². The second-order valence-corrected chi connectivity index (χ2v) is 5.98. The number of thioether (sulfide) groups is 1. The molecule has 1 amide bonds. The summed E-state index contributed by atoms with van der Waals surface area (Å²) in [4.78, 5) is 11.9. The lowest BCUT2D eigenvalue weighted by Gasteiger charge is -2.09. The van der Waals surface area contributed by atoms with E-state index >= 15 is 0 Å². The van der Waals surface area contributed by atoms with Crippen molar-refractivity contribution >= 4 is 35.0 Å². The summed E-state index contributed by atoms with van der Waals surface area (Å²) in [5, 5.41) is 3.40. The summed E-state index contributed by atoms with van der Waals surface area (Å²) < 4.78 is 5.50. The molecule has 0 fully saturated rings. The summed E-state index contributed by atoms with van der Waals surface area (Å²) in [6, 6.07) is 15.1. The van der Waals surface area contributed by atoms with Gasteiger partial charge in [0.2, 0.25) is 5.91 Å². The highest BCUT2D eigenvalue weighted by Crippen LogP contribution is 2.23. The minimum absolute atomic E-state index is 0.0790. The van der Waals surface area contributed by atoms with E-state index in [1.165, 1.54) is 5.56 Å². The Bertz CT molecular complexity index is 616. The van der Waals surface area contributed by atoms with Crippen molar-refractivity contribution in [1.82, 2.24) is 0 Å². The Kier molecular flexibility index (Phi) is 6.62. The van der Waals surface area contributed by atoms with Gasteiger partial charge in [-0.1, -0.05) is 35.9 Å². The van der Waals surface area contributed by atoms with Crippen molar-refractivity contribution in [2.24, 2.45) is 0 Å². The molecule has 3 nitrogen and oxygen atoms in total. The maximum absolute atomic E-state index is 11.9. The Labute approximate surface area is 140 Å². The van der Waals surface area contributed by atoms with Crippen molar-refractivity contribution < 1.29 is 9.53 Å². The van der Waals surface area contributed by atoms with Gasteiger partial charge in [0.15, 0.2) is 0 Å². The monoisotopic (exact) mass is 335 g/mol. The van der Waals surface area contributed by atoms with Gasteiger partial charge in [0.05, 0.1) is 18.1 Å². The molecule has 0 aromatic heterocycles. The standard InChI is InChI=1S/C17H18ClNO2S/c1-22-12-13-6-8-14(9-7-13)19-17(20)10-11-21-16-5-3-2-4-15(16)18/h2-9H,10-12H2,1H3,(H,19,20). The highest BCUT2D eigenvalue weighted by atomic mass is 35.5. The van der Waals surface area contributed by atoms with Crippen LogP contribution < -0.4 is 10.1 Å². The number of halogens is 1. The molecule has 0 aliphatic rings. The van der Waals surface area contributed by atoms with Crippen LogP contribution in [0.5, 0.6) is 5.75 Å². The number of ether oxygens (including phenoxy) is 1. The Morgan fingerprint density at radius 3 is 2.59 bits per heavy atom. The first-order valence-corrected chi connectivity index (χ1v) is 8.71. The molecule has 1 N–H and O–H groups in total. The molecule has 0 saturated carbocycles. The third kappa shape index (κ3) is 5.28. The van der Waals surface area contributed by atoms with Crippen LogP contribution in [0.25, 0.3) is 0 Å². The predicted molar refractivity (Wildman–Crippen MR) is 93.9 cm³/mol. The second kappa shape index (κ2) is 8.71. The van der Waals surface area contributed by atoms with Crippen LogP contribution in [0.15, 0.2) is 48.5 Å². The molecule has 5 heteroatoms. The van der Waals surface area contributed by atoms with Gasteiger partial charge in [-0.15, -0.1) is 0 Å². The van der Waals surface area contributed by atoms with Crippen molar-refractivity contribution in [3.63, 3.8) is 0 Å². The van der Waals surface area contributed by atoms with Gasteiger partial charge in [0.25, 0.3) is 0 Å². The molecule has 2 aromatic carbocycles. The fourth-order valence-corrected chi connectivity index (χ4v) is 2.61. The Hall–Kier alpha value is -1.65. The summed E-state index contributed by atoms with van der Waals surface area (Å²) >= 11 is 7.75. The van der Waals surface area contributed by atoms with E-state index in [0.717, 1.165) is 11.4 Å². The van der Waals surface area contributed by atoms with E-state index in [0.29, 0.717) is 17.4 Å². The molecule has 0 bridgehead atoms. The lowest BCUT2D eigenvalue weighted by molar-refractivity contribution is -0.116. The average Bonchev–Trinajstić information content (AvgIpc) is 2.51. The van der Waals surface area contributed by atoms with E-state index in [9.17, 15) is 4.79 Å². The van der Waals surface area contributed by atoms with Crippen LogP contribution in [0, 0.1) is 0 Å². The number of anilines is 1. The van der Waals surface area contributed by atoms with Crippen LogP contribution in [-0.2, 0) is 10.5 Å². The number of rotatable bonds is 7. The summed E-state index contributed by atoms with van der Waals surface area (Å²) in [7, 11) is 0. The van der Waals surface area contributed by atoms with Gasteiger partial charge in [-0.3, -0.25) is 4.79 Å². The SMILES string of the molecule is CSCc1ccc(NC(=O)CCOc2ccccc2Cl)cc1. The molecule has 0 unspecified atom stereocenters. The largest absolute Gasteiger partial charge is 0.491 e. The second-order valence-electron chi connectivity index (χ2n) is 4.71. The van der Waals surface area contributed by atoms with E-state index < -0.39 is 0 Å². The number of carbonyl (C=O) groups excluding carboxylic acids is 1. The van der Waals surface area contributed by atoms with E-state index in [1.807, 2.05) is 36.4 Å². The topological polar surface area (TPSA) is 38.3 Å². The highest BCUT2D eigenvalue weighted by Gasteiger charge is 2.05. The molecule has 0 radical (unpaired) electrons. The molecule has 0 heterocycles. The quantitative estimate of drug-likeness (QED) is 0.803. The molecule has 0 atom stereocenters. The van der Waals surface area contributed by atoms with Gasteiger partial charge in [-0.05, 0) is 36.1 Å². The molecule has 2 rings (SSSR count). The lowest BCUT2D eigenvalue weighted by atomic mass is 10.2. The van der Waals surface area contributed by atoms with Crippen molar-refractivity contribution in [3.05, 3.63) is 59.1 Å². The molecule has 116 valence electrons. The van der Waals surface area contributed by atoms with Gasteiger partial charge >= 0.3 is 0 Å². The van der Waals surface area contributed by atoms with E-state index in [4.69, 9.17) is 16.3 Å². The van der Waals surface area contributed by atoms with Crippen LogP contribution in [0.4, 0.5) is 5.69 Å². The van der Waals surface area contributed by atoms with Gasteiger partial charge in [0.1, 0.15) is 5.75 Å². The van der Waals surface area contributed by atoms with Gasteiger partial charge in [-0.2, -0.15) is 11.8 Å². The van der Waals surface area contributed by atoms with Gasteiger partial charge in [-0.25, -0.2) is 0 Å². The average molecular weight is 336 g/mol. The van der Waals surface area contributed by atoms with E-state index in [-0.39, 0.29) is 12.3 Å². The van der Waals surface area contributed by atoms with Crippen molar-refractivity contribution in [1.29, 1.82) is 0 Å². The Morgan fingerprint density at radius 1 is 1.18 bits per heavy atom. The molecule has 0 saturated heterocycles. The summed E-state index contributed by atoms with van der Waals surface area (Å²) in [5.74, 6) is 1.49. The maximum atomic E-state index is 11.9. The summed E-state index contributed by atoms with van der Waals surface area (Å²) in [6.07, 6.45) is 2.34. The molecule has 0 spiro atoms. The number of para-hydroxylation sites is 1. The zero-order valence-corrected chi connectivity index (χ0v) is 13.9. The third-order valence-corrected chi connectivity index (χ3v) is 3.91. The first-order chi connectivity index (χ1) is 10.7. The number of amides is 1. The summed E-state index contributed by atoms with van der Waals surface area (Å²) in [6.45, 7) is 0.292. The minimum Gasteiger partial charge on any atom is -0.491 e. The maximum Gasteiger partial charge on any atom is 0.227 e. The van der Waals surface area contributed by atoms with Crippen molar-refractivity contribution in [2.75, 3.05) is 18.2 Å². The van der Waals surface area contributed by atoms with E-state index in [1.54, 1.807) is 23.9 Å². The van der Waals surface area contributed by atoms with Crippen LogP contribution in [0.1, 0.15) is 12.0 Å². The van der Waals surface area contributed by atoms with Crippen LogP contribution in [0.2, 0.25) is 5.02 Å². The molecule has 0 aliphatic carbocycles. The molecule has 22 heavy (non-hydrogen) atoms.